The van der Waals surface area contributed by atoms with E-state index in [0.29, 0.717) is 18.4 Å². The molecular formula is C27H30N2O3S. The van der Waals surface area contributed by atoms with Crippen LogP contribution in [0.3, 0.4) is 0 Å². The molecule has 1 N–H and O–H groups in total. The summed E-state index contributed by atoms with van der Waals surface area (Å²) >= 11 is 0. The van der Waals surface area contributed by atoms with E-state index in [-0.39, 0.29) is 22.1 Å². The van der Waals surface area contributed by atoms with Crippen LogP contribution in [0.25, 0.3) is 11.1 Å². The Morgan fingerprint density at radius 3 is 2.30 bits per heavy atom. The van der Waals surface area contributed by atoms with Crippen LogP contribution in [0.15, 0.2) is 65.7 Å². The van der Waals surface area contributed by atoms with Crippen molar-refractivity contribution in [1.82, 2.24) is 10.3 Å². The van der Waals surface area contributed by atoms with Gasteiger partial charge in [0, 0.05) is 17.5 Å². The molecule has 0 saturated heterocycles. The summed E-state index contributed by atoms with van der Waals surface area (Å²) in [6, 6.07) is 16.5. The number of nitrogens with one attached hydrogen (secondary N) is 1. The van der Waals surface area contributed by atoms with E-state index in [1.165, 1.54) is 6.07 Å². The molecule has 1 saturated carbocycles. The van der Waals surface area contributed by atoms with Gasteiger partial charge in [-0.3, -0.25) is 9.78 Å². The number of aromatic nitrogens is 1. The normalized spacial score (nSPS) is 15.4. The van der Waals surface area contributed by atoms with E-state index in [4.69, 9.17) is 0 Å². The molecule has 3 aromatic rings. The van der Waals surface area contributed by atoms with Crippen molar-refractivity contribution in [2.75, 3.05) is 0 Å². The number of hydrogen-bond acceptors (Lipinski definition) is 4. The zero-order chi connectivity index (χ0) is 23.6. The minimum Gasteiger partial charge on any atom is -0.345 e. The molecule has 2 aromatic carbocycles. The van der Waals surface area contributed by atoms with Crippen molar-refractivity contribution in [2.24, 2.45) is 0 Å². The first-order valence-corrected chi connectivity index (χ1v) is 13.0. The van der Waals surface area contributed by atoms with Crippen LogP contribution in [0.1, 0.15) is 65.8 Å². The molecule has 0 radical (unpaired) electrons. The van der Waals surface area contributed by atoms with Crippen LogP contribution in [0.5, 0.6) is 0 Å². The lowest BCUT2D eigenvalue weighted by molar-refractivity contribution is 0.0939. The number of carbonyl (C=O) groups is 1. The number of benzene rings is 2. The fourth-order valence-corrected chi connectivity index (χ4v) is 6.22. The molecule has 0 aliphatic heterocycles. The number of hydrogen-bond donors (Lipinski definition) is 1. The fraction of sp³-hybridized carbons (Fsp3) is 0.333. The molecule has 0 bridgehead atoms. The number of amides is 1. The molecule has 172 valence electrons. The van der Waals surface area contributed by atoms with E-state index >= 15 is 0 Å². The standard InChI is InChI=1S/C27H30N2O3S/c1-18-8-11-21(12-9-18)23-14-24(16-26(15-23)33(31,32)25-6-4-5-7-25)27(30)29-20(3)22-13-10-19(2)28-17-22/h8-17,20,25H,4-7H2,1-3H3,(H,29,30)/t20-/m1/s1. The predicted octanol–water partition coefficient (Wildman–Crippen LogP) is 5.57. The van der Waals surface area contributed by atoms with Gasteiger partial charge in [0.15, 0.2) is 9.84 Å². The van der Waals surface area contributed by atoms with Crippen molar-refractivity contribution in [3.63, 3.8) is 0 Å². The Morgan fingerprint density at radius 2 is 1.67 bits per heavy atom. The first-order valence-electron chi connectivity index (χ1n) is 11.4. The van der Waals surface area contributed by atoms with E-state index in [1.807, 2.05) is 57.2 Å². The maximum atomic E-state index is 13.4. The summed E-state index contributed by atoms with van der Waals surface area (Å²) in [6.07, 6.45) is 4.96. The van der Waals surface area contributed by atoms with Gasteiger partial charge in [0.25, 0.3) is 5.91 Å². The molecule has 1 amide bonds. The molecule has 1 aliphatic carbocycles. The van der Waals surface area contributed by atoms with Gasteiger partial charge in [-0.2, -0.15) is 0 Å². The molecule has 6 heteroatoms. The van der Waals surface area contributed by atoms with Crippen LogP contribution in [-0.4, -0.2) is 24.6 Å². The van der Waals surface area contributed by atoms with Gasteiger partial charge >= 0.3 is 0 Å². The second kappa shape index (κ2) is 9.48. The number of nitrogens with zero attached hydrogens (tertiary/aromatic N) is 1. The quantitative estimate of drug-likeness (QED) is 0.519. The lowest BCUT2D eigenvalue weighted by Crippen LogP contribution is -2.27. The maximum Gasteiger partial charge on any atom is 0.251 e. The Morgan fingerprint density at radius 1 is 0.970 bits per heavy atom. The summed E-state index contributed by atoms with van der Waals surface area (Å²) in [7, 11) is -3.51. The zero-order valence-electron chi connectivity index (χ0n) is 19.3. The van der Waals surface area contributed by atoms with Gasteiger partial charge in [-0.25, -0.2) is 8.42 Å². The van der Waals surface area contributed by atoms with E-state index < -0.39 is 9.84 Å². The second-order valence-corrected chi connectivity index (χ2v) is 11.2. The van der Waals surface area contributed by atoms with Crippen molar-refractivity contribution in [2.45, 2.75) is 62.6 Å². The number of pyridine rings is 1. The highest BCUT2D eigenvalue weighted by Gasteiger charge is 2.31. The monoisotopic (exact) mass is 462 g/mol. The first kappa shape index (κ1) is 23.2. The summed E-state index contributed by atoms with van der Waals surface area (Å²) in [6.45, 7) is 5.81. The van der Waals surface area contributed by atoms with Gasteiger partial charge in [0.1, 0.15) is 0 Å². The second-order valence-electron chi connectivity index (χ2n) is 8.99. The van der Waals surface area contributed by atoms with Gasteiger partial charge in [-0.1, -0.05) is 48.7 Å². The Kier molecular flexibility index (Phi) is 6.66. The summed E-state index contributed by atoms with van der Waals surface area (Å²) in [4.78, 5) is 17.7. The summed E-state index contributed by atoms with van der Waals surface area (Å²) in [5, 5.41) is 2.62. The first-order chi connectivity index (χ1) is 15.7. The number of sulfone groups is 1. The smallest absolute Gasteiger partial charge is 0.251 e. The third-order valence-electron chi connectivity index (χ3n) is 6.41. The van der Waals surface area contributed by atoms with E-state index in [0.717, 1.165) is 40.8 Å². The lowest BCUT2D eigenvalue weighted by Gasteiger charge is -2.17. The van der Waals surface area contributed by atoms with Gasteiger partial charge < -0.3 is 5.32 Å². The van der Waals surface area contributed by atoms with Crippen LogP contribution in [0, 0.1) is 13.8 Å². The molecule has 5 nitrogen and oxygen atoms in total. The highest BCUT2D eigenvalue weighted by atomic mass is 32.2. The van der Waals surface area contributed by atoms with Crippen molar-refractivity contribution in [3.8, 4) is 11.1 Å². The van der Waals surface area contributed by atoms with E-state index in [1.54, 1.807) is 18.3 Å². The molecule has 0 unspecified atom stereocenters. The Balaban J connectivity index is 1.71. The summed E-state index contributed by atoms with van der Waals surface area (Å²) in [5.74, 6) is -0.306. The third kappa shape index (κ3) is 5.17. The average molecular weight is 463 g/mol. The Labute approximate surface area is 196 Å². The minimum atomic E-state index is -3.51. The zero-order valence-corrected chi connectivity index (χ0v) is 20.2. The topological polar surface area (TPSA) is 76.1 Å². The number of rotatable bonds is 6. The van der Waals surface area contributed by atoms with Crippen molar-refractivity contribution >= 4 is 15.7 Å². The van der Waals surface area contributed by atoms with E-state index in [2.05, 4.69) is 10.3 Å². The molecule has 1 aliphatic rings. The third-order valence-corrected chi connectivity index (χ3v) is 8.65. The van der Waals surface area contributed by atoms with Crippen LogP contribution < -0.4 is 5.32 Å². The van der Waals surface area contributed by atoms with Gasteiger partial charge in [0.2, 0.25) is 0 Å². The van der Waals surface area contributed by atoms with Crippen molar-refractivity contribution < 1.29 is 13.2 Å². The lowest BCUT2D eigenvalue weighted by atomic mass is 10.0. The molecule has 1 fully saturated rings. The molecule has 33 heavy (non-hydrogen) atoms. The Hall–Kier alpha value is -2.99. The minimum absolute atomic E-state index is 0.224. The molecule has 1 atom stereocenters. The summed E-state index contributed by atoms with van der Waals surface area (Å²) in [5.41, 5.74) is 4.87. The van der Waals surface area contributed by atoms with Crippen LogP contribution in [0.2, 0.25) is 0 Å². The molecule has 1 aromatic heterocycles. The molecular weight excluding hydrogens is 432 g/mol. The van der Waals surface area contributed by atoms with Crippen LogP contribution >= 0.6 is 0 Å². The molecule has 0 spiro atoms. The van der Waals surface area contributed by atoms with Gasteiger partial charge in [-0.15, -0.1) is 0 Å². The number of aryl methyl sites for hydroxylation is 2. The predicted molar refractivity (Wildman–Crippen MR) is 131 cm³/mol. The van der Waals surface area contributed by atoms with Crippen LogP contribution in [0.4, 0.5) is 0 Å². The van der Waals surface area contributed by atoms with E-state index in [9.17, 15) is 13.2 Å². The summed E-state index contributed by atoms with van der Waals surface area (Å²) < 4.78 is 26.8. The van der Waals surface area contributed by atoms with Crippen molar-refractivity contribution in [1.29, 1.82) is 0 Å². The van der Waals surface area contributed by atoms with Gasteiger partial charge in [-0.05, 0) is 74.6 Å². The highest BCUT2D eigenvalue weighted by Crippen LogP contribution is 2.33. The highest BCUT2D eigenvalue weighted by molar-refractivity contribution is 7.92. The molecule has 1 heterocycles. The molecule has 4 rings (SSSR count). The van der Waals surface area contributed by atoms with Gasteiger partial charge in [0.05, 0.1) is 16.2 Å². The largest absolute Gasteiger partial charge is 0.345 e. The fourth-order valence-electron chi connectivity index (χ4n) is 4.30. The maximum absolute atomic E-state index is 13.4. The van der Waals surface area contributed by atoms with Crippen LogP contribution in [-0.2, 0) is 9.84 Å². The Bertz CT molecular complexity index is 1240. The average Bonchev–Trinajstić information content (AvgIpc) is 3.35. The number of carbonyl (C=O) groups excluding carboxylic acids is 1. The van der Waals surface area contributed by atoms with Crippen molar-refractivity contribution in [3.05, 3.63) is 83.2 Å². The SMILES string of the molecule is Cc1ccc(-c2cc(C(=O)N[C@H](C)c3ccc(C)nc3)cc(S(=O)(=O)C3CCCC3)c2)cc1.